The van der Waals surface area contributed by atoms with Crippen LogP contribution in [0.15, 0.2) is 18.7 Å². The van der Waals surface area contributed by atoms with Crippen LogP contribution in [-0.2, 0) is 14.8 Å². The summed E-state index contributed by atoms with van der Waals surface area (Å²) in [5.74, 6) is -0.228. The van der Waals surface area contributed by atoms with Gasteiger partial charge in [0.25, 0.3) is 0 Å². The van der Waals surface area contributed by atoms with E-state index in [1.165, 1.54) is 18.7 Å². The Labute approximate surface area is 101 Å². The molecular weight excluding hydrogens is 242 g/mol. The molecular formula is C10H17N3O3S. The van der Waals surface area contributed by atoms with Crippen molar-refractivity contribution < 1.29 is 13.2 Å². The summed E-state index contributed by atoms with van der Waals surface area (Å²) in [6.45, 7) is 2.12. The van der Waals surface area contributed by atoms with E-state index in [-0.39, 0.29) is 18.2 Å². The Kier molecular flexibility index (Phi) is 5.14. The van der Waals surface area contributed by atoms with E-state index in [1.54, 1.807) is 0 Å². The van der Waals surface area contributed by atoms with Crippen molar-refractivity contribution in [3.63, 3.8) is 0 Å². The molecule has 17 heavy (non-hydrogen) atoms. The fourth-order valence-corrected chi connectivity index (χ4v) is 2.27. The van der Waals surface area contributed by atoms with Crippen molar-refractivity contribution in [1.82, 2.24) is 14.3 Å². The van der Waals surface area contributed by atoms with Gasteiger partial charge in [0.2, 0.25) is 15.9 Å². The zero-order chi connectivity index (χ0) is 12.7. The zero-order valence-electron chi connectivity index (χ0n) is 9.80. The molecule has 0 aliphatic rings. The topological polar surface area (TPSA) is 81.1 Å². The molecule has 0 saturated carbocycles. The van der Waals surface area contributed by atoms with E-state index in [9.17, 15) is 13.2 Å². The number of nitrogens with zero attached hydrogens (tertiary/aromatic N) is 2. The third-order valence-electron chi connectivity index (χ3n) is 2.24. The smallest absolute Gasteiger partial charge is 0.241 e. The van der Waals surface area contributed by atoms with Crippen LogP contribution in [-0.4, -0.2) is 35.6 Å². The molecule has 0 aliphatic heterocycles. The van der Waals surface area contributed by atoms with E-state index in [2.05, 4.69) is 10.3 Å². The molecule has 0 unspecified atom stereocenters. The SMILES string of the molecule is CCCCC(=O)NCCS(=O)(=O)n1ccnc1. The summed E-state index contributed by atoms with van der Waals surface area (Å²) >= 11 is 0. The molecule has 0 atom stereocenters. The van der Waals surface area contributed by atoms with Gasteiger partial charge in [-0.2, -0.15) is 0 Å². The maximum absolute atomic E-state index is 11.7. The molecule has 1 aromatic heterocycles. The van der Waals surface area contributed by atoms with Gasteiger partial charge in [0.15, 0.2) is 0 Å². The zero-order valence-corrected chi connectivity index (χ0v) is 10.6. The third kappa shape index (κ3) is 4.56. The summed E-state index contributed by atoms with van der Waals surface area (Å²) in [6, 6.07) is 0. The number of carbonyl (C=O) groups excluding carboxylic acids is 1. The van der Waals surface area contributed by atoms with Crippen molar-refractivity contribution in [2.45, 2.75) is 26.2 Å². The lowest BCUT2D eigenvalue weighted by molar-refractivity contribution is -0.121. The molecule has 1 heterocycles. The van der Waals surface area contributed by atoms with Crippen molar-refractivity contribution in [1.29, 1.82) is 0 Å². The largest absolute Gasteiger partial charge is 0.355 e. The Bertz CT molecular complexity index is 439. The van der Waals surface area contributed by atoms with Crippen LogP contribution in [0, 0.1) is 0 Å². The van der Waals surface area contributed by atoms with Gasteiger partial charge >= 0.3 is 0 Å². The fraction of sp³-hybridized carbons (Fsp3) is 0.600. The number of amides is 1. The second-order valence-corrected chi connectivity index (χ2v) is 5.66. The molecule has 7 heteroatoms. The lowest BCUT2D eigenvalue weighted by Gasteiger charge is -2.06. The number of imidazole rings is 1. The average Bonchev–Trinajstić information content (AvgIpc) is 2.80. The van der Waals surface area contributed by atoms with Crippen LogP contribution >= 0.6 is 0 Å². The van der Waals surface area contributed by atoms with E-state index in [4.69, 9.17) is 0 Å². The molecule has 1 rings (SSSR count). The Morgan fingerprint density at radius 3 is 2.82 bits per heavy atom. The molecule has 96 valence electrons. The van der Waals surface area contributed by atoms with E-state index in [1.807, 2.05) is 6.92 Å². The summed E-state index contributed by atoms with van der Waals surface area (Å²) < 4.78 is 24.4. The molecule has 0 fully saturated rings. The number of hydrogen-bond donors (Lipinski definition) is 1. The first-order valence-corrected chi connectivity index (χ1v) is 7.15. The van der Waals surface area contributed by atoms with Gasteiger partial charge in [-0.15, -0.1) is 0 Å². The Hall–Kier alpha value is -1.37. The average molecular weight is 259 g/mol. The highest BCUT2D eigenvalue weighted by atomic mass is 32.2. The minimum absolute atomic E-state index is 0.104. The van der Waals surface area contributed by atoms with Gasteiger partial charge in [-0.3, -0.25) is 4.79 Å². The molecule has 0 aromatic carbocycles. The molecule has 0 radical (unpaired) electrons. The van der Waals surface area contributed by atoms with Gasteiger partial charge in [-0.1, -0.05) is 13.3 Å². The number of hydrogen-bond acceptors (Lipinski definition) is 4. The molecule has 0 bridgehead atoms. The molecule has 0 saturated heterocycles. The van der Waals surface area contributed by atoms with E-state index in [0.717, 1.165) is 16.8 Å². The van der Waals surface area contributed by atoms with Crippen LogP contribution in [0.3, 0.4) is 0 Å². The number of rotatable bonds is 7. The third-order valence-corrected chi connectivity index (χ3v) is 3.82. The van der Waals surface area contributed by atoms with E-state index in [0.29, 0.717) is 6.42 Å². The Morgan fingerprint density at radius 1 is 1.47 bits per heavy atom. The summed E-state index contributed by atoms with van der Waals surface area (Å²) in [6.07, 6.45) is 6.21. The first-order chi connectivity index (χ1) is 8.06. The number of carbonyl (C=O) groups is 1. The van der Waals surface area contributed by atoms with Gasteiger partial charge in [0.05, 0.1) is 5.75 Å². The minimum atomic E-state index is -3.39. The van der Waals surface area contributed by atoms with Crippen LogP contribution in [0.2, 0.25) is 0 Å². The molecule has 1 amide bonds. The van der Waals surface area contributed by atoms with Gasteiger partial charge < -0.3 is 5.32 Å². The lowest BCUT2D eigenvalue weighted by Crippen LogP contribution is -2.30. The molecule has 6 nitrogen and oxygen atoms in total. The summed E-state index contributed by atoms with van der Waals surface area (Å²) in [5, 5.41) is 2.58. The van der Waals surface area contributed by atoms with E-state index >= 15 is 0 Å². The van der Waals surface area contributed by atoms with Gasteiger partial charge in [0.1, 0.15) is 6.33 Å². The van der Waals surface area contributed by atoms with Crippen LogP contribution in [0.25, 0.3) is 0 Å². The van der Waals surface area contributed by atoms with Crippen LogP contribution in [0.5, 0.6) is 0 Å². The minimum Gasteiger partial charge on any atom is -0.355 e. The van der Waals surface area contributed by atoms with Crippen molar-refractivity contribution in [2.75, 3.05) is 12.3 Å². The fourth-order valence-electron chi connectivity index (χ4n) is 1.26. The second kappa shape index (κ2) is 6.39. The summed E-state index contributed by atoms with van der Waals surface area (Å²) in [7, 11) is -3.39. The highest BCUT2D eigenvalue weighted by Crippen LogP contribution is 1.96. The first kappa shape index (κ1) is 13.7. The monoisotopic (exact) mass is 259 g/mol. The maximum Gasteiger partial charge on any atom is 0.241 e. The standard InChI is InChI=1S/C10H17N3O3S/c1-2-3-4-10(14)12-6-8-17(15,16)13-7-5-11-9-13/h5,7,9H,2-4,6,8H2,1H3,(H,12,14). The quantitative estimate of drug-likeness (QED) is 0.767. The van der Waals surface area contributed by atoms with Gasteiger partial charge in [-0.25, -0.2) is 17.4 Å². The molecule has 0 spiro atoms. The normalized spacial score (nSPS) is 11.4. The molecule has 1 N–H and O–H groups in total. The van der Waals surface area contributed by atoms with Gasteiger partial charge in [-0.05, 0) is 6.42 Å². The number of unbranched alkanes of at least 4 members (excludes halogenated alkanes) is 1. The predicted molar refractivity (Wildman–Crippen MR) is 63.9 cm³/mol. The maximum atomic E-state index is 11.7. The van der Waals surface area contributed by atoms with Crippen molar-refractivity contribution in [3.05, 3.63) is 18.7 Å². The van der Waals surface area contributed by atoms with Crippen LogP contribution < -0.4 is 5.32 Å². The van der Waals surface area contributed by atoms with E-state index < -0.39 is 10.0 Å². The molecule has 1 aromatic rings. The molecule has 0 aliphatic carbocycles. The Morgan fingerprint density at radius 2 is 2.24 bits per heavy atom. The van der Waals surface area contributed by atoms with Gasteiger partial charge in [0, 0.05) is 25.4 Å². The number of aromatic nitrogens is 2. The first-order valence-electron chi connectivity index (χ1n) is 5.54. The predicted octanol–water partition coefficient (Wildman–Crippen LogP) is 0.367. The van der Waals surface area contributed by atoms with Crippen LogP contribution in [0.1, 0.15) is 26.2 Å². The lowest BCUT2D eigenvalue weighted by atomic mass is 10.2. The van der Waals surface area contributed by atoms with Crippen LogP contribution in [0.4, 0.5) is 0 Å². The van der Waals surface area contributed by atoms with Crippen molar-refractivity contribution in [2.24, 2.45) is 0 Å². The van der Waals surface area contributed by atoms with Crippen molar-refractivity contribution >= 4 is 15.9 Å². The highest BCUT2D eigenvalue weighted by Gasteiger charge is 2.12. The Balaban J connectivity index is 2.34. The van der Waals surface area contributed by atoms with Crippen molar-refractivity contribution in [3.8, 4) is 0 Å². The summed E-state index contributed by atoms with van der Waals surface area (Å²) in [5.41, 5.74) is 0. The summed E-state index contributed by atoms with van der Waals surface area (Å²) in [4.78, 5) is 14.9. The second-order valence-electron chi connectivity index (χ2n) is 3.66. The highest BCUT2D eigenvalue weighted by molar-refractivity contribution is 7.89. The number of nitrogens with one attached hydrogen (secondary N) is 1.